The monoisotopic (exact) mass is 262 g/mol. The second kappa shape index (κ2) is 6.57. The Labute approximate surface area is 114 Å². The van der Waals surface area contributed by atoms with E-state index in [9.17, 15) is 9.90 Å². The fourth-order valence-electron chi connectivity index (χ4n) is 1.98. The SMILES string of the molecule is Cc1ccc(O)c(CNCCCC(=O)NC2CC2)c1. The zero-order chi connectivity index (χ0) is 13.7. The highest BCUT2D eigenvalue weighted by atomic mass is 16.3. The predicted octanol–water partition coefficient (Wildman–Crippen LogP) is 1.85. The average Bonchev–Trinajstić information content (AvgIpc) is 3.17. The molecule has 0 radical (unpaired) electrons. The highest BCUT2D eigenvalue weighted by Crippen LogP contribution is 2.19. The molecule has 1 saturated carbocycles. The molecule has 0 spiro atoms. The van der Waals surface area contributed by atoms with Crippen molar-refractivity contribution >= 4 is 5.91 Å². The summed E-state index contributed by atoms with van der Waals surface area (Å²) in [6.07, 6.45) is 3.67. The Morgan fingerprint density at radius 2 is 2.21 bits per heavy atom. The van der Waals surface area contributed by atoms with Crippen LogP contribution < -0.4 is 10.6 Å². The second-order valence-corrected chi connectivity index (χ2v) is 5.25. The first-order chi connectivity index (χ1) is 9.15. The van der Waals surface area contributed by atoms with Gasteiger partial charge in [-0.2, -0.15) is 0 Å². The summed E-state index contributed by atoms with van der Waals surface area (Å²) < 4.78 is 0. The highest BCUT2D eigenvalue weighted by molar-refractivity contribution is 5.76. The number of hydrogen-bond acceptors (Lipinski definition) is 3. The fraction of sp³-hybridized carbons (Fsp3) is 0.533. The average molecular weight is 262 g/mol. The van der Waals surface area contributed by atoms with Crippen molar-refractivity contribution in [2.24, 2.45) is 0 Å². The maximum absolute atomic E-state index is 11.4. The third kappa shape index (κ3) is 4.91. The molecule has 0 unspecified atom stereocenters. The van der Waals surface area contributed by atoms with Gasteiger partial charge < -0.3 is 15.7 Å². The first kappa shape index (κ1) is 13.9. The molecule has 1 fully saturated rings. The minimum atomic E-state index is 0.155. The molecular weight excluding hydrogens is 240 g/mol. The van der Waals surface area contributed by atoms with Crippen molar-refractivity contribution in [3.63, 3.8) is 0 Å². The van der Waals surface area contributed by atoms with Crippen LogP contribution in [0.5, 0.6) is 5.75 Å². The quantitative estimate of drug-likeness (QED) is 0.657. The number of nitrogens with one attached hydrogen (secondary N) is 2. The van der Waals surface area contributed by atoms with E-state index in [2.05, 4.69) is 10.6 Å². The van der Waals surface area contributed by atoms with Gasteiger partial charge in [0, 0.05) is 24.6 Å². The largest absolute Gasteiger partial charge is 0.508 e. The van der Waals surface area contributed by atoms with Crippen LogP contribution in [-0.2, 0) is 11.3 Å². The molecule has 1 aromatic rings. The Bertz CT molecular complexity index is 442. The Kier molecular flexibility index (Phi) is 4.80. The van der Waals surface area contributed by atoms with Gasteiger partial charge in [0.15, 0.2) is 0 Å². The van der Waals surface area contributed by atoms with Gasteiger partial charge in [0.2, 0.25) is 5.91 Å². The van der Waals surface area contributed by atoms with Gasteiger partial charge in [0.05, 0.1) is 0 Å². The van der Waals surface area contributed by atoms with E-state index in [1.165, 1.54) is 0 Å². The van der Waals surface area contributed by atoms with Crippen molar-refractivity contribution in [2.75, 3.05) is 6.54 Å². The van der Waals surface area contributed by atoms with Gasteiger partial charge in [-0.1, -0.05) is 17.7 Å². The Balaban J connectivity index is 1.60. The van der Waals surface area contributed by atoms with Gasteiger partial charge in [-0.15, -0.1) is 0 Å². The van der Waals surface area contributed by atoms with Crippen LogP contribution in [0.1, 0.15) is 36.8 Å². The van der Waals surface area contributed by atoms with Crippen LogP contribution >= 0.6 is 0 Å². The Hall–Kier alpha value is -1.55. The second-order valence-electron chi connectivity index (χ2n) is 5.25. The molecule has 0 bridgehead atoms. The van der Waals surface area contributed by atoms with Gasteiger partial charge in [0.1, 0.15) is 5.75 Å². The molecule has 1 amide bonds. The summed E-state index contributed by atoms with van der Waals surface area (Å²) in [6, 6.07) is 6.03. The highest BCUT2D eigenvalue weighted by Gasteiger charge is 2.22. The molecule has 0 saturated heterocycles. The molecule has 4 nitrogen and oxygen atoms in total. The maximum atomic E-state index is 11.4. The zero-order valence-electron chi connectivity index (χ0n) is 11.4. The minimum absolute atomic E-state index is 0.155. The summed E-state index contributed by atoms with van der Waals surface area (Å²) >= 11 is 0. The van der Waals surface area contributed by atoms with Crippen LogP contribution in [0.15, 0.2) is 18.2 Å². The summed E-state index contributed by atoms with van der Waals surface area (Å²) in [7, 11) is 0. The summed E-state index contributed by atoms with van der Waals surface area (Å²) in [5, 5.41) is 15.9. The van der Waals surface area contributed by atoms with Crippen LogP contribution in [0.25, 0.3) is 0 Å². The number of carbonyl (C=O) groups excluding carboxylic acids is 1. The van der Waals surface area contributed by atoms with E-state index >= 15 is 0 Å². The summed E-state index contributed by atoms with van der Waals surface area (Å²) in [5.41, 5.74) is 2.04. The molecule has 0 heterocycles. The lowest BCUT2D eigenvalue weighted by Gasteiger charge is -2.08. The lowest BCUT2D eigenvalue weighted by Crippen LogP contribution is -2.26. The molecule has 3 N–H and O–H groups in total. The molecule has 0 atom stereocenters. The number of hydrogen-bond donors (Lipinski definition) is 3. The minimum Gasteiger partial charge on any atom is -0.508 e. The van der Waals surface area contributed by atoms with Crippen molar-refractivity contribution in [2.45, 2.75) is 45.2 Å². The Morgan fingerprint density at radius 3 is 2.95 bits per heavy atom. The van der Waals surface area contributed by atoms with E-state index in [4.69, 9.17) is 0 Å². The van der Waals surface area contributed by atoms with Crippen molar-refractivity contribution < 1.29 is 9.90 Å². The fourth-order valence-corrected chi connectivity index (χ4v) is 1.98. The maximum Gasteiger partial charge on any atom is 0.220 e. The summed E-state index contributed by atoms with van der Waals surface area (Å²) in [6.45, 7) is 3.42. The number of aromatic hydroxyl groups is 1. The molecule has 0 aromatic heterocycles. The van der Waals surface area contributed by atoms with E-state index in [1.54, 1.807) is 6.07 Å². The number of amides is 1. The van der Waals surface area contributed by atoms with Crippen molar-refractivity contribution in [1.29, 1.82) is 0 Å². The molecule has 1 aliphatic rings. The van der Waals surface area contributed by atoms with Gasteiger partial charge in [-0.25, -0.2) is 0 Å². The molecule has 2 rings (SSSR count). The van der Waals surface area contributed by atoms with E-state index in [-0.39, 0.29) is 5.91 Å². The van der Waals surface area contributed by atoms with Crippen molar-refractivity contribution in [3.8, 4) is 5.75 Å². The predicted molar refractivity (Wildman–Crippen MR) is 74.9 cm³/mol. The molecule has 19 heavy (non-hydrogen) atoms. The van der Waals surface area contributed by atoms with E-state index in [1.807, 2.05) is 19.1 Å². The van der Waals surface area contributed by atoms with Crippen LogP contribution in [0.3, 0.4) is 0 Å². The topological polar surface area (TPSA) is 61.4 Å². The third-order valence-corrected chi connectivity index (χ3v) is 3.25. The number of aryl methyl sites for hydroxylation is 1. The van der Waals surface area contributed by atoms with E-state index in [0.717, 1.165) is 36.9 Å². The number of benzene rings is 1. The van der Waals surface area contributed by atoms with E-state index < -0.39 is 0 Å². The number of phenols is 1. The molecule has 0 aliphatic heterocycles. The zero-order valence-corrected chi connectivity index (χ0v) is 11.4. The smallest absolute Gasteiger partial charge is 0.220 e. The van der Waals surface area contributed by atoms with Gasteiger partial charge in [0.25, 0.3) is 0 Å². The molecular formula is C15H22N2O2. The first-order valence-electron chi connectivity index (χ1n) is 6.94. The van der Waals surface area contributed by atoms with Crippen molar-refractivity contribution in [1.82, 2.24) is 10.6 Å². The number of carbonyl (C=O) groups is 1. The standard InChI is InChI=1S/C15H22N2O2/c1-11-4-7-14(18)12(9-11)10-16-8-2-3-15(19)17-13-5-6-13/h4,7,9,13,16,18H,2-3,5-6,8,10H2,1H3,(H,17,19). The molecule has 104 valence electrons. The van der Waals surface area contributed by atoms with Crippen molar-refractivity contribution in [3.05, 3.63) is 29.3 Å². The first-order valence-corrected chi connectivity index (χ1v) is 6.94. The van der Waals surface area contributed by atoms with Crippen LogP contribution in [0, 0.1) is 6.92 Å². The lowest BCUT2D eigenvalue weighted by atomic mass is 10.1. The third-order valence-electron chi connectivity index (χ3n) is 3.25. The Morgan fingerprint density at radius 1 is 1.42 bits per heavy atom. The summed E-state index contributed by atoms with van der Waals surface area (Å²) in [5.74, 6) is 0.479. The normalized spacial score (nSPS) is 14.4. The number of rotatable bonds is 7. The lowest BCUT2D eigenvalue weighted by molar-refractivity contribution is -0.121. The summed E-state index contributed by atoms with van der Waals surface area (Å²) in [4.78, 5) is 11.4. The van der Waals surface area contributed by atoms with Gasteiger partial charge >= 0.3 is 0 Å². The van der Waals surface area contributed by atoms with Crippen LogP contribution in [-0.4, -0.2) is 23.6 Å². The van der Waals surface area contributed by atoms with Gasteiger partial charge in [-0.05, 0) is 38.8 Å². The van der Waals surface area contributed by atoms with Crippen LogP contribution in [0.2, 0.25) is 0 Å². The van der Waals surface area contributed by atoms with E-state index in [0.29, 0.717) is 24.8 Å². The number of phenolic OH excluding ortho intramolecular Hbond substituents is 1. The van der Waals surface area contributed by atoms with Gasteiger partial charge in [-0.3, -0.25) is 4.79 Å². The molecule has 1 aromatic carbocycles. The molecule has 1 aliphatic carbocycles. The van der Waals surface area contributed by atoms with Crippen LogP contribution in [0.4, 0.5) is 0 Å². The molecule has 4 heteroatoms.